The van der Waals surface area contributed by atoms with Gasteiger partial charge in [-0.1, -0.05) is 77.0 Å². The van der Waals surface area contributed by atoms with Crippen LogP contribution in [-0.2, 0) is 19.2 Å². The molecule has 0 fully saturated rings. The first-order valence-electron chi connectivity index (χ1n) is 12.4. The fourth-order valence-electron chi connectivity index (χ4n) is 2.99. The minimum Gasteiger partial charge on any atom is -0.481 e. The molecule has 0 aromatic rings. The minimum atomic E-state index is -0.892. The van der Waals surface area contributed by atoms with Crippen molar-refractivity contribution < 1.29 is 29.4 Å². The van der Waals surface area contributed by atoms with Crippen molar-refractivity contribution in [2.24, 2.45) is 11.5 Å². The van der Waals surface area contributed by atoms with E-state index < -0.39 is 11.9 Å². The number of aliphatic hydroxyl groups excluding tert-OH is 1. The highest BCUT2D eigenvalue weighted by Gasteiger charge is 1.98. The predicted octanol–water partition coefficient (Wildman–Crippen LogP) is 4.54. The van der Waals surface area contributed by atoms with Gasteiger partial charge in [-0.05, 0) is 26.3 Å². The maximum absolute atomic E-state index is 10.1. The van der Waals surface area contributed by atoms with Crippen LogP contribution in [0.1, 0.15) is 122 Å². The van der Waals surface area contributed by atoms with Crippen molar-refractivity contribution in [3.63, 3.8) is 0 Å². The van der Waals surface area contributed by atoms with Crippen LogP contribution in [0.15, 0.2) is 0 Å². The van der Waals surface area contributed by atoms with Gasteiger partial charge in [-0.25, -0.2) is 0 Å². The zero-order chi connectivity index (χ0) is 26.0. The van der Waals surface area contributed by atoms with Crippen LogP contribution in [0.25, 0.3) is 0 Å². The van der Waals surface area contributed by atoms with E-state index in [4.69, 9.17) is 15.9 Å². The number of hydrogen-bond acceptors (Lipinski definition) is 6. The Labute approximate surface area is 201 Å². The monoisotopic (exact) mass is 476 g/mol. The number of amides is 1. The molecule has 0 atom stereocenters. The SMILES string of the molecule is CN.CO.NC(=O)CCCC(=O)O.O=CCCCCCCCCCCCCCCCCC=O. The maximum atomic E-state index is 10.1. The molecule has 0 rings (SSSR count). The predicted molar refractivity (Wildman–Crippen MR) is 135 cm³/mol. The van der Waals surface area contributed by atoms with Gasteiger partial charge >= 0.3 is 5.97 Å². The summed E-state index contributed by atoms with van der Waals surface area (Å²) >= 11 is 0. The van der Waals surface area contributed by atoms with Crippen LogP contribution in [0.4, 0.5) is 0 Å². The van der Waals surface area contributed by atoms with Gasteiger partial charge in [0, 0.05) is 32.8 Å². The Morgan fingerprint density at radius 1 is 0.576 bits per heavy atom. The van der Waals surface area contributed by atoms with Crippen molar-refractivity contribution in [3.8, 4) is 0 Å². The zero-order valence-corrected chi connectivity index (χ0v) is 21.3. The lowest BCUT2D eigenvalue weighted by atomic mass is 10.0. The lowest BCUT2D eigenvalue weighted by Crippen LogP contribution is -2.10. The normalized spacial score (nSPS) is 9.21. The summed E-state index contributed by atoms with van der Waals surface area (Å²) < 4.78 is 0. The quantitative estimate of drug-likeness (QED) is 0.140. The first-order valence-corrected chi connectivity index (χ1v) is 12.4. The summed E-state index contributed by atoms with van der Waals surface area (Å²) in [5.41, 5.74) is 9.25. The van der Waals surface area contributed by atoms with E-state index in [-0.39, 0.29) is 12.8 Å². The van der Waals surface area contributed by atoms with E-state index in [9.17, 15) is 19.2 Å². The Hall–Kier alpha value is -1.80. The number of carboxylic acid groups (broad SMARTS) is 1. The second-order valence-electron chi connectivity index (χ2n) is 7.57. The fraction of sp³-hybridized carbons (Fsp3) is 0.840. The highest BCUT2D eigenvalue weighted by atomic mass is 16.4. The summed E-state index contributed by atoms with van der Waals surface area (Å²) in [6.07, 6.45) is 22.2. The molecule has 1 amide bonds. The molecule has 0 aliphatic carbocycles. The number of carbonyl (C=O) groups excluding carboxylic acids is 3. The van der Waals surface area contributed by atoms with E-state index in [1.807, 2.05) is 0 Å². The van der Waals surface area contributed by atoms with Crippen LogP contribution in [-0.4, -0.2) is 48.8 Å². The second-order valence-corrected chi connectivity index (χ2v) is 7.57. The molecule has 198 valence electrons. The molecular weight excluding hydrogens is 424 g/mol. The number of rotatable bonds is 21. The summed E-state index contributed by atoms with van der Waals surface area (Å²) in [5.74, 6) is -1.34. The number of unbranched alkanes of at least 4 members (excludes halogenated alkanes) is 15. The first kappa shape index (κ1) is 38.5. The lowest BCUT2D eigenvalue weighted by Gasteiger charge is -2.02. The third kappa shape index (κ3) is 53.4. The van der Waals surface area contributed by atoms with Crippen LogP contribution in [0.3, 0.4) is 0 Å². The number of primary amides is 1. The van der Waals surface area contributed by atoms with Crippen LogP contribution in [0.2, 0.25) is 0 Å². The van der Waals surface area contributed by atoms with Gasteiger partial charge in [0.05, 0.1) is 0 Å². The average molecular weight is 477 g/mol. The average Bonchev–Trinajstić information content (AvgIpc) is 2.81. The molecule has 0 aromatic heterocycles. The summed E-state index contributed by atoms with van der Waals surface area (Å²) in [4.78, 5) is 40.1. The Morgan fingerprint density at radius 2 is 0.848 bits per heavy atom. The van der Waals surface area contributed by atoms with Gasteiger partial charge in [0.15, 0.2) is 0 Å². The van der Waals surface area contributed by atoms with Crippen LogP contribution >= 0.6 is 0 Å². The van der Waals surface area contributed by atoms with Crippen LogP contribution in [0, 0.1) is 0 Å². The number of aliphatic carboxylic acids is 1. The number of carboxylic acids is 1. The van der Waals surface area contributed by atoms with Gasteiger partial charge in [-0.15, -0.1) is 0 Å². The van der Waals surface area contributed by atoms with E-state index in [1.54, 1.807) is 0 Å². The molecule has 0 aliphatic heterocycles. The van der Waals surface area contributed by atoms with Crippen molar-refractivity contribution >= 4 is 24.4 Å². The lowest BCUT2D eigenvalue weighted by molar-refractivity contribution is -0.137. The molecule has 0 bridgehead atoms. The van der Waals surface area contributed by atoms with Crippen molar-refractivity contribution in [3.05, 3.63) is 0 Å². The summed E-state index contributed by atoms with van der Waals surface area (Å²) in [5, 5.41) is 15.1. The van der Waals surface area contributed by atoms with Crippen molar-refractivity contribution in [1.82, 2.24) is 0 Å². The topological polar surface area (TPSA) is 161 Å². The van der Waals surface area contributed by atoms with Crippen molar-refractivity contribution in [2.75, 3.05) is 14.2 Å². The Balaban J connectivity index is -0.000000270. The first-order chi connectivity index (χ1) is 16.0. The Bertz CT molecular complexity index is 370. The largest absolute Gasteiger partial charge is 0.481 e. The molecule has 0 saturated heterocycles. The maximum Gasteiger partial charge on any atom is 0.303 e. The van der Waals surface area contributed by atoms with Crippen LogP contribution < -0.4 is 11.5 Å². The van der Waals surface area contributed by atoms with E-state index in [2.05, 4.69) is 5.73 Å². The van der Waals surface area contributed by atoms with Gasteiger partial charge in [-0.3, -0.25) is 9.59 Å². The number of nitrogens with two attached hydrogens (primary N) is 2. The molecule has 33 heavy (non-hydrogen) atoms. The molecule has 8 heteroatoms. The molecule has 0 heterocycles. The summed E-state index contributed by atoms with van der Waals surface area (Å²) in [6, 6.07) is 0. The van der Waals surface area contributed by atoms with Gasteiger partial charge < -0.3 is 31.3 Å². The zero-order valence-electron chi connectivity index (χ0n) is 21.3. The third-order valence-electron chi connectivity index (χ3n) is 4.71. The standard InChI is InChI=1S/C18H34O2.C5H9NO3.CH5N.CH4O/c19-17-15-13-11-9-7-5-3-1-2-4-6-8-10-12-14-16-18-20;6-4(7)2-1-3-5(8)9;2*1-2/h17-18H,1-16H2;1-3H2,(H2,6,7)(H,8,9);2H2,1H3;2H,1H3. The van der Waals surface area contributed by atoms with E-state index in [0.29, 0.717) is 6.42 Å². The highest BCUT2D eigenvalue weighted by molar-refractivity contribution is 5.74. The van der Waals surface area contributed by atoms with Crippen molar-refractivity contribution in [2.45, 2.75) is 122 Å². The Morgan fingerprint density at radius 3 is 1.06 bits per heavy atom. The molecule has 0 radical (unpaired) electrons. The molecule has 0 unspecified atom stereocenters. The molecule has 0 aliphatic rings. The third-order valence-corrected chi connectivity index (χ3v) is 4.71. The van der Waals surface area contributed by atoms with E-state index >= 15 is 0 Å². The molecule has 0 aromatic carbocycles. The number of carbonyl (C=O) groups is 4. The summed E-state index contributed by atoms with van der Waals surface area (Å²) in [6.45, 7) is 0. The summed E-state index contributed by atoms with van der Waals surface area (Å²) in [7, 11) is 2.50. The highest BCUT2D eigenvalue weighted by Crippen LogP contribution is 2.13. The van der Waals surface area contributed by atoms with Gasteiger partial charge in [0.2, 0.25) is 5.91 Å². The molecule has 0 saturated carbocycles. The molecule has 0 spiro atoms. The molecule has 8 nitrogen and oxygen atoms in total. The van der Waals surface area contributed by atoms with E-state index in [1.165, 1.54) is 84.1 Å². The van der Waals surface area contributed by atoms with Gasteiger partial charge in [0.1, 0.15) is 12.6 Å². The smallest absolute Gasteiger partial charge is 0.303 e. The van der Waals surface area contributed by atoms with Gasteiger partial charge in [-0.2, -0.15) is 0 Å². The fourth-order valence-corrected chi connectivity index (χ4v) is 2.99. The molecular formula is C25H52N2O6. The van der Waals surface area contributed by atoms with Gasteiger partial charge in [0.25, 0.3) is 0 Å². The number of hydrogen-bond donors (Lipinski definition) is 4. The minimum absolute atomic E-state index is 0.0168. The number of aliphatic hydroxyl groups is 1. The number of aldehydes is 2. The Kier molecular flexibility index (Phi) is 47.3. The van der Waals surface area contributed by atoms with Crippen molar-refractivity contribution in [1.29, 1.82) is 0 Å². The van der Waals surface area contributed by atoms with Crippen LogP contribution in [0.5, 0.6) is 0 Å². The second kappa shape index (κ2) is 40.5. The molecule has 6 N–H and O–H groups in total. The van der Waals surface area contributed by atoms with E-state index in [0.717, 1.165) is 45.4 Å².